The molecule has 0 fully saturated rings. The van der Waals surface area contributed by atoms with Gasteiger partial charge in [0.15, 0.2) is 0 Å². The van der Waals surface area contributed by atoms with Crippen molar-refractivity contribution in [2.45, 2.75) is 13.0 Å². The molecule has 8 heteroatoms. The van der Waals surface area contributed by atoms with Gasteiger partial charge in [-0.3, -0.25) is 19.3 Å². The van der Waals surface area contributed by atoms with Crippen LogP contribution in [-0.4, -0.2) is 34.1 Å². The van der Waals surface area contributed by atoms with E-state index >= 15 is 0 Å². The predicted octanol–water partition coefficient (Wildman–Crippen LogP) is 1.05. The molecule has 0 saturated carbocycles. The number of ether oxygens (including phenoxy) is 1. The average molecular weight is 278 g/mol. The quantitative estimate of drug-likeness (QED) is 0.648. The van der Waals surface area contributed by atoms with Gasteiger partial charge in [0.05, 0.1) is 11.5 Å². The van der Waals surface area contributed by atoms with Crippen LogP contribution in [0.15, 0.2) is 29.2 Å². The number of aromatic nitrogens is 2. The summed E-state index contributed by atoms with van der Waals surface area (Å²) in [4.78, 5) is 26.7. The summed E-state index contributed by atoms with van der Waals surface area (Å²) in [6.07, 6.45) is 1.44. The van der Waals surface area contributed by atoms with E-state index in [0.29, 0.717) is 12.3 Å². The number of nitrogens with one attached hydrogen (secondary N) is 1. The van der Waals surface area contributed by atoms with Gasteiger partial charge in [0.2, 0.25) is 5.82 Å². The van der Waals surface area contributed by atoms with Crippen molar-refractivity contribution in [1.29, 1.82) is 0 Å². The summed E-state index contributed by atoms with van der Waals surface area (Å²) < 4.78 is 6.09. The number of fused-ring (bicyclic) bond motifs is 1. The molecule has 0 saturated heterocycles. The standard InChI is InChI=1S/C12H14N4O4/c1-8(7-20-2)13-11-10(16(18)19)12(17)15-6-4-3-5-9(15)14-11/h3-6,8,13H,7H2,1-2H3. The third kappa shape index (κ3) is 2.59. The van der Waals surface area contributed by atoms with Crippen molar-refractivity contribution in [3.63, 3.8) is 0 Å². The van der Waals surface area contributed by atoms with E-state index in [9.17, 15) is 14.9 Å². The van der Waals surface area contributed by atoms with E-state index in [-0.39, 0.29) is 11.9 Å². The van der Waals surface area contributed by atoms with E-state index in [1.165, 1.54) is 13.3 Å². The van der Waals surface area contributed by atoms with Crippen molar-refractivity contribution < 1.29 is 9.66 Å². The molecule has 2 rings (SSSR count). The summed E-state index contributed by atoms with van der Waals surface area (Å²) in [6.45, 7) is 2.12. The van der Waals surface area contributed by atoms with Crippen molar-refractivity contribution in [2.75, 3.05) is 19.0 Å². The first-order valence-corrected chi connectivity index (χ1v) is 5.96. The van der Waals surface area contributed by atoms with Crippen LogP contribution >= 0.6 is 0 Å². The number of rotatable bonds is 5. The summed E-state index contributed by atoms with van der Waals surface area (Å²) in [6, 6.07) is 4.71. The fourth-order valence-corrected chi connectivity index (χ4v) is 1.87. The second-order valence-corrected chi connectivity index (χ2v) is 4.30. The molecule has 0 bridgehead atoms. The van der Waals surface area contributed by atoms with Gasteiger partial charge in [-0.2, -0.15) is 0 Å². The highest BCUT2D eigenvalue weighted by atomic mass is 16.6. The molecule has 2 aromatic rings. The lowest BCUT2D eigenvalue weighted by molar-refractivity contribution is -0.385. The Kier molecular flexibility index (Phi) is 3.94. The highest BCUT2D eigenvalue weighted by molar-refractivity contribution is 5.60. The zero-order valence-corrected chi connectivity index (χ0v) is 11.1. The van der Waals surface area contributed by atoms with Crippen LogP contribution in [-0.2, 0) is 4.74 Å². The van der Waals surface area contributed by atoms with E-state index in [1.807, 2.05) is 0 Å². The maximum absolute atomic E-state index is 12.1. The van der Waals surface area contributed by atoms with E-state index in [1.54, 1.807) is 25.1 Å². The molecule has 0 radical (unpaired) electrons. The first-order valence-electron chi connectivity index (χ1n) is 5.96. The smallest absolute Gasteiger partial charge is 0.376 e. The molecular weight excluding hydrogens is 264 g/mol. The Bertz CT molecular complexity index is 697. The summed E-state index contributed by atoms with van der Waals surface area (Å²) in [5.41, 5.74) is -0.945. The van der Waals surface area contributed by atoms with Crippen LogP contribution in [0.1, 0.15) is 6.92 Å². The zero-order valence-electron chi connectivity index (χ0n) is 11.1. The number of nitro groups is 1. The van der Waals surface area contributed by atoms with Gasteiger partial charge < -0.3 is 10.1 Å². The molecule has 0 aliphatic rings. The highest BCUT2D eigenvalue weighted by Crippen LogP contribution is 2.18. The average Bonchev–Trinajstić information content (AvgIpc) is 2.38. The number of methoxy groups -OCH3 is 1. The van der Waals surface area contributed by atoms with Crippen LogP contribution in [0.2, 0.25) is 0 Å². The van der Waals surface area contributed by atoms with Crippen LogP contribution in [0, 0.1) is 10.1 Å². The Morgan fingerprint density at radius 3 is 2.95 bits per heavy atom. The summed E-state index contributed by atoms with van der Waals surface area (Å²) >= 11 is 0. The molecule has 1 atom stereocenters. The molecule has 0 aromatic carbocycles. The molecular formula is C12H14N4O4. The fourth-order valence-electron chi connectivity index (χ4n) is 1.87. The summed E-state index contributed by atoms with van der Waals surface area (Å²) in [5, 5.41) is 13.9. The third-order valence-corrected chi connectivity index (χ3v) is 2.69. The van der Waals surface area contributed by atoms with Gasteiger partial charge in [-0.1, -0.05) is 6.07 Å². The van der Waals surface area contributed by atoms with Gasteiger partial charge in [0.1, 0.15) is 5.65 Å². The van der Waals surface area contributed by atoms with Crippen LogP contribution in [0.4, 0.5) is 11.5 Å². The topological polar surface area (TPSA) is 98.8 Å². The summed E-state index contributed by atoms with van der Waals surface area (Å²) in [5.74, 6) is -0.0456. The first kappa shape index (κ1) is 13.9. The Morgan fingerprint density at radius 1 is 1.55 bits per heavy atom. The zero-order chi connectivity index (χ0) is 14.7. The number of nitrogens with zero attached hydrogens (tertiary/aromatic N) is 3. The molecule has 0 spiro atoms. The second-order valence-electron chi connectivity index (χ2n) is 4.30. The molecule has 2 heterocycles. The van der Waals surface area contributed by atoms with Crippen molar-refractivity contribution in [1.82, 2.24) is 9.38 Å². The molecule has 0 aliphatic heterocycles. The van der Waals surface area contributed by atoms with Crippen LogP contribution in [0.25, 0.3) is 5.65 Å². The minimum atomic E-state index is -0.726. The maximum Gasteiger partial charge on any atom is 0.376 e. The largest absolute Gasteiger partial charge is 0.383 e. The Morgan fingerprint density at radius 2 is 2.30 bits per heavy atom. The first-order chi connectivity index (χ1) is 9.54. The third-order valence-electron chi connectivity index (χ3n) is 2.69. The predicted molar refractivity (Wildman–Crippen MR) is 73.1 cm³/mol. The number of hydrogen-bond donors (Lipinski definition) is 1. The lowest BCUT2D eigenvalue weighted by Gasteiger charge is -2.13. The van der Waals surface area contributed by atoms with E-state index in [0.717, 1.165) is 4.40 Å². The van der Waals surface area contributed by atoms with Gasteiger partial charge in [0.25, 0.3) is 0 Å². The fraction of sp³-hybridized carbons (Fsp3) is 0.333. The molecule has 0 amide bonds. The summed E-state index contributed by atoms with van der Waals surface area (Å²) in [7, 11) is 1.52. The van der Waals surface area contributed by atoms with Gasteiger partial charge >= 0.3 is 11.2 Å². The van der Waals surface area contributed by atoms with Crippen LogP contribution in [0.3, 0.4) is 0 Å². The van der Waals surface area contributed by atoms with Crippen molar-refractivity contribution in [3.8, 4) is 0 Å². The van der Waals surface area contributed by atoms with Crippen molar-refractivity contribution in [3.05, 3.63) is 44.9 Å². The maximum atomic E-state index is 12.1. The Hall–Kier alpha value is -2.48. The number of hydrogen-bond acceptors (Lipinski definition) is 6. The van der Waals surface area contributed by atoms with E-state index in [2.05, 4.69) is 10.3 Å². The molecule has 1 N–H and O–H groups in total. The minimum Gasteiger partial charge on any atom is -0.383 e. The van der Waals surface area contributed by atoms with Gasteiger partial charge in [0, 0.05) is 19.3 Å². The van der Waals surface area contributed by atoms with Gasteiger partial charge in [-0.15, -0.1) is 0 Å². The van der Waals surface area contributed by atoms with Crippen LogP contribution < -0.4 is 10.9 Å². The normalized spacial score (nSPS) is 12.3. The highest BCUT2D eigenvalue weighted by Gasteiger charge is 2.24. The lowest BCUT2D eigenvalue weighted by Crippen LogP contribution is -2.26. The van der Waals surface area contributed by atoms with Gasteiger partial charge in [-0.05, 0) is 19.1 Å². The minimum absolute atomic E-state index is 0.0456. The van der Waals surface area contributed by atoms with Gasteiger partial charge in [-0.25, -0.2) is 4.98 Å². The molecule has 8 nitrogen and oxygen atoms in total. The van der Waals surface area contributed by atoms with E-state index < -0.39 is 16.2 Å². The Labute approximate surface area is 114 Å². The second kappa shape index (κ2) is 5.66. The van der Waals surface area contributed by atoms with Crippen LogP contribution in [0.5, 0.6) is 0 Å². The lowest BCUT2D eigenvalue weighted by atomic mass is 10.3. The number of pyridine rings is 1. The monoisotopic (exact) mass is 278 g/mol. The molecule has 20 heavy (non-hydrogen) atoms. The molecule has 106 valence electrons. The van der Waals surface area contributed by atoms with E-state index in [4.69, 9.17) is 4.74 Å². The van der Waals surface area contributed by atoms with Crippen molar-refractivity contribution in [2.24, 2.45) is 0 Å². The van der Waals surface area contributed by atoms with Crippen molar-refractivity contribution >= 4 is 17.2 Å². The SMILES string of the molecule is COCC(C)Nc1nc2ccccn2c(=O)c1[N+](=O)[O-]. The molecule has 0 aliphatic carbocycles. The molecule has 1 unspecified atom stereocenters. The Balaban J connectivity index is 2.60. The molecule has 2 aromatic heterocycles. The number of anilines is 1.